The van der Waals surface area contributed by atoms with Crippen LogP contribution in [0.3, 0.4) is 0 Å². The van der Waals surface area contributed by atoms with E-state index in [4.69, 9.17) is 17.3 Å². The quantitative estimate of drug-likeness (QED) is 0.409. The van der Waals surface area contributed by atoms with Gasteiger partial charge in [0.25, 0.3) is 0 Å². The zero-order chi connectivity index (χ0) is 20.6. The second kappa shape index (κ2) is 7.69. The number of para-hydroxylation sites is 1. The number of benzene rings is 2. The van der Waals surface area contributed by atoms with Gasteiger partial charge in [-0.3, -0.25) is 0 Å². The van der Waals surface area contributed by atoms with Crippen molar-refractivity contribution in [3.63, 3.8) is 0 Å². The molecule has 1 aliphatic rings. The lowest BCUT2D eigenvalue weighted by Gasteiger charge is -2.27. The molecular formula is C21H23ClN5OP. The molecule has 0 saturated carbocycles. The molecule has 3 aromatic rings. The average Bonchev–Trinajstić information content (AvgIpc) is 2.69. The third kappa shape index (κ3) is 4.09. The van der Waals surface area contributed by atoms with E-state index in [9.17, 15) is 4.57 Å². The molecule has 1 aromatic heterocycles. The fourth-order valence-electron chi connectivity index (χ4n) is 3.57. The van der Waals surface area contributed by atoms with Crippen molar-refractivity contribution in [1.29, 1.82) is 0 Å². The van der Waals surface area contributed by atoms with Crippen LogP contribution >= 0.6 is 18.7 Å². The number of rotatable bonds is 4. The number of nitrogens with zero attached hydrogens (tertiary/aromatic N) is 2. The first-order valence-electron chi connectivity index (χ1n) is 9.41. The lowest BCUT2D eigenvalue weighted by atomic mass is 9.96. The number of nitrogens with one attached hydrogen (secondary N) is 2. The number of anilines is 4. The molecule has 8 heteroatoms. The van der Waals surface area contributed by atoms with Gasteiger partial charge < -0.3 is 20.9 Å². The summed E-state index contributed by atoms with van der Waals surface area (Å²) in [7, 11) is -2.46. The van der Waals surface area contributed by atoms with Gasteiger partial charge in [0, 0.05) is 16.7 Å². The predicted molar refractivity (Wildman–Crippen MR) is 121 cm³/mol. The van der Waals surface area contributed by atoms with Crippen molar-refractivity contribution in [3.05, 3.63) is 65.1 Å². The summed E-state index contributed by atoms with van der Waals surface area (Å²) in [6, 6.07) is 13.3. The van der Waals surface area contributed by atoms with Crippen LogP contribution in [0.15, 0.2) is 48.7 Å². The van der Waals surface area contributed by atoms with E-state index in [-0.39, 0.29) is 6.04 Å². The Morgan fingerprint density at radius 1 is 1.21 bits per heavy atom. The SMILES string of the molecule is CP(C)(=O)c1ccccc1Nc1nc(C2CCc3c(N)cccc3N2)ncc1Cl. The Morgan fingerprint density at radius 3 is 2.79 bits per heavy atom. The first kappa shape index (κ1) is 19.7. The van der Waals surface area contributed by atoms with Crippen molar-refractivity contribution < 1.29 is 4.57 Å². The molecule has 2 heterocycles. The van der Waals surface area contributed by atoms with Crippen LogP contribution in [0, 0.1) is 0 Å². The summed E-state index contributed by atoms with van der Waals surface area (Å²) in [6.45, 7) is 3.49. The van der Waals surface area contributed by atoms with E-state index in [0.29, 0.717) is 16.7 Å². The minimum atomic E-state index is -2.46. The number of halogens is 1. The van der Waals surface area contributed by atoms with Crippen LogP contribution < -0.4 is 21.7 Å². The molecule has 0 aliphatic carbocycles. The van der Waals surface area contributed by atoms with Crippen LogP contribution in [0.2, 0.25) is 5.02 Å². The second-order valence-electron chi connectivity index (χ2n) is 7.53. The number of fused-ring (bicyclic) bond motifs is 1. The fourth-order valence-corrected chi connectivity index (χ4v) is 4.87. The maximum Gasteiger partial charge on any atom is 0.153 e. The normalized spacial score (nSPS) is 16.0. The van der Waals surface area contributed by atoms with Gasteiger partial charge in [-0.25, -0.2) is 9.97 Å². The van der Waals surface area contributed by atoms with Crippen molar-refractivity contribution in [3.8, 4) is 0 Å². The van der Waals surface area contributed by atoms with E-state index >= 15 is 0 Å². The smallest absolute Gasteiger partial charge is 0.153 e. The minimum absolute atomic E-state index is 0.0409. The Balaban J connectivity index is 1.64. The van der Waals surface area contributed by atoms with E-state index < -0.39 is 7.14 Å². The van der Waals surface area contributed by atoms with E-state index in [1.165, 1.54) is 0 Å². The van der Waals surface area contributed by atoms with E-state index in [2.05, 4.69) is 20.6 Å². The highest BCUT2D eigenvalue weighted by molar-refractivity contribution is 7.70. The Labute approximate surface area is 175 Å². The summed E-state index contributed by atoms with van der Waals surface area (Å²) in [6.07, 6.45) is 3.28. The van der Waals surface area contributed by atoms with Crippen LogP contribution in [0.4, 0.5) is 22.9 Å². The van der Waals surface area contributed by atoms with Gasteiger partial charge in [-0.1, -0.05) is 29.8 Å². The molecule has 0 amide bonds. The maximum absolute atomic E-state index is 12.6. The largest absolute Gasteiger partial charge is 0.398 e. The molecule has 4 rings (SSSR count). The number of hydrogen-bond donors (Lipinski definition) is 3. The zero-order valence-electron chi connectivity index (χ0n) is 16.3. The van der Waals surface area contributed by atoms with Crippen molar-refractivity contribution in [1.82, 2.24) is 9.97 Å². The van der Waals surface area contributed by atoms with Crippen LogP contribution in [-0.4, -0.2) is 23.3 Å². The highest BCUT2D eigenvalue weighted by Crippen LogP contribution is 2.39. The van der Waals surface area contributed by atoms with Crippen molar-refractivity contribution >= 4 is 46.9 Å². The number of hydrogen-bond acceptors (Lipinski definition) is 6. The third-order valence-electron chi connectivity index (χ3n) is 5.04. The van der Waals surface area contributed by atoms with Gasteiger partial charge in [0.05, 0.1) is 17.9 Å². The molecule has 2 aromatic carbocycles. The van der Waals surface area contributed by atoms with Gasteiger partial charge in [-0.2, -0.15) is 0 Å². The van der Waals surface area contributed by atoms with Gasteiger partial charge in [0.2, 0.25) is 0 Å². The highest BCUT2D eigenvalue weighted by atomic mass is 35.5. The molecule has 1 atom stereocenters. The molecule has 6 nitrogen and oxygen atoms in total. The number of nitrogens with two attached hydrogens (primary N) is 1. The standard InChI is InChI=1S/C21H23ClN5OP/c1-29(2,28)19-9-4-3-7-17(19)26-20-14(22)12-24-21(27-20)18-11-10-13-15(23)6-5-8-16(13)25-18/h3-9,12,18,25H,10-11,23H2,1-2H3,(H,24,26,27). The molecule has 0 saturated heterocycles. The summed E-state index contributed by atoms with van der Waals surface area (Å²) in [4.78, 5) is 9.11. The monoisotopic (exact) mass is 427 g/mol. The maximum atomic E-state index is 12.6. The summed E-state index contributed by atoms with van der Waals surface area (Å²) >= 11 is 6.36. The van der Waals surface area contributed by atoms with Crippen molar-refractivity contribution in [2.24, 2.45) is 0 Å². The molecule has 4 N–H and O–H groups in total. The molecule has 29 heavy (non-hydrogen) atoms. The lowest BCUT2D eigenvalue weighted by Crippen LogP contribution is -2.21. The second-order valence-corrected chi connectivity index (χ2v) is 11.1. The molecule has 1 unspecified atom stereocenters. The van der Waals surface area contributed by atoms with Crippen molar-refractivity contribution in [2.45, 2.75) is 18.9 Å². The third-order valence-corrected chi connectivity index (χ3v) is 6.86. The lowest BCUT2D eigenvalue weighted by molar-refractivity contribution is 0.588. The number of nitrogen functional groups attached to an aromatic ring is 1. The van der Waals surface area contributed by atoms with Gasteiger partial charge in [0.15, 0.2) is 11.6 Å². The summed E-state index contributed by atoms with van der Waals surface area (Å²) in [5, 5.41) is 7.90. The van der Waals surface area contributed by atoms with Gasteiger partial charge in [-0.05, 0) is 56.0 Å². The Bertz CT molecular complexity index is 1110. The van der Waals surface area contributed by atoms with Crippen LogP contribution in [-0.2, 0) is 11.0 Å². The van der Waals surface area contributed by atoms with Gasteiger partial charge in [0.1, 0.15) is 12.2 Å². The van der Waals surface area contributed by atoms with E-state index in [1.54, 1.807) is 19.5 Å². The molecule has 150 valence electrons. The zero-order valence-corrected chi connectivity index (χ0v) is 18.0. The molecule has 0 spiro atoms. The molecular weight excluding hydrogens is 405 g/mol. The summed E-state index contributed by atoms with van der Waals surface area (Å²) in [5.41, 5.74) is 9.76. The van der Waals surface area contributed by atoms with Gasteiger partial charge in [-0.15, -0.1) is 0 Å². The fraction of sp³-hybridized carbons (Fsp3) is 0.238. The summed E-state index contributed by atoms with van der Waals surface area (Å²) < 4.78 is 12.6. The topological polar surface area (TPSA) is 92.9 Å². The Hall–Kier alpha value is -2.56. The van der Waals surface area contributed by atoms with Crippen LogP contribution in [0.5, 0.6) is 0 Å². The summed E-state index contributed by atoms with van der Waals surface area (Å²) in [5.74, 6) is 1.15. The first-order chi connectivity index (χ1) is 13.8. The average molecular weight is 428 g/mol. The Kier molecular flexibility index (Phi) is 5.24. The van der Waals surface area contributed by atoms with E-state index in [0.717, 1.165) is 40.8 Å². The van der Waals surface area contributed by atoms with Crippen LogP contribution in [0.25, 0.3) is 0 Å². The minimum Gasteiger partial charge on any atom is -0.398 e. The predicted octanol–water partition coefficient (Wildman–Crippen LogP) is 4.80. The van der Waals surface area contributed by atoms with Crippen LogP contribution in [0.1, 0.15) is 23.9 Å². The molecule has 0 fully saturated rings. The molecule has 1 aliphatic heterocycles. The van der Waals surface area contributed by atoms with E-state index in [1.807, 2.05) is 42.5 Å². The highest BCUT2D eigenvalue weighted by Gasteiger charge is 2.24. The van der Waals surface area contributed by atoms with Crippen molar-refractivity contribution in [2.75, 3.05) is 29.7 Å². The number of aromatic nitrogens is 2. The van der Waals surface area contributed by atoms with Gasteiger partial charge >= 0.3 is 0 Å². The molecule has 0 radical (unpaired) electrons. The first-order valence-corrected chi connectivity index (χ1v) is 12.4. The molecule has 0 bridgehead atoms. The Morgan fingerprint density at radius 2 is 2.00 bits per heavy atom.